The molecule has 2 N–H and O–H groups in total. The molecule has 0 radical (unpaired) electrons. The van der Waals surface area contributed by atoms with Crippen molar-refractivity contribution >= 4 is 28.9 Å². The van der Waals surface area contributed by atoms with Crippen LogP contribution in [0.15, 0.2) is 60.9 Å². The lowest BCUT2D eigenvalue weighted by Gasteiger charge is -2.09. The van der Waals surface area contributed by atoms with E-state index in [9.17, 15) is 9.59 Å². The van der Waals surface area contributed by atoms with Gasteiger partial charge in [0.25, 0.3) is 5.91 Å². The first-order valence-corrected chi connectivity index (χ1v) is 9.04. The molecule has 0 bridgehead atoms. The molecule has 0 aliphatic heterocycles. The molecule has 28 heavy (non-hydrogen) atoms. The molecule has 0 spiro atoms. The predicted molar refractivity (Wildman–Crippen MR) is 110 cm³/mol. The number of carbonyl (C=O) groups excluding carboxylic acids is 2. The van der Waals surface area contributed by atoms with Gasteiger partial charge in [-0.05, 0) is 42.7 Å². The van der Waals surface area contributed by atoms with Crippen LogP contribution in [0.3, 0.4) is 0 Å². The van der Waals surface area contributed by atoms with Crippen LogP contribution >= 0.6 is 0 Å². The monoisotopic (exact) mass is 374 g/mol. The van der Waals surface area contributed by atoms with Crippen molar-refractivity contribution in [2.75, 3.05) is 10.6 Å². The highest BCUT2D eigenvalue weighted by molar-refractivity contribution is 6.02. The number of amides is 1. The number of hydrogen-bond donors (Lipinski definition) is 2. The lowest BCUT2D eigenvalue weighted by molar-refractivity contribution is 0.101. The molecule has 0 fully saturated rings. The van der Waals surface area contributed by atoms with E-state index in [2.05, 4.69) is 34.4 Å². The van der Waals surface area contributed by atoms with Crippen LogP contribution in [0.2, 0.25) is 0 Å². The van der Waals surface area contributed by atoms with Gasteiger partial charge in [-0.15, -0.1) is 0 Å². The fourth-order valence-electron chi connectivity index (χ4n) is 2.62. The Balaban J connectivity index is 1.65. The average Bonchev–Trinajstić information content (AvgIpc) is 2.69. The number of hydrogen-bond acceptors (Lipinski definition) is 5. The average molecular weight is 374 g/mol. The maximum Gasteiger partial charge on any atom is 0.275 e. The summed E-state index contributed by atoms with van der Waals surface area (Å²) in [6.07, 6.45) is 2.90. The number of carbonyl (C=O) groups is 2. The van der Waals surface area contributed by atoms with Crippen molar-refractivity contribution in [2.45, 2.75) is 26.7 Å². The molecule has 0 aliphatic rings. The van der Waals surface area contributed by atoms with Gasteiger partial charge in [0.1, 0.15) is 11.5 Å². The number of aromatic nitrogens is 2. The van der Waals surface area contributed by atoms with Gasteiger partial charge in [-0.1, -0.05) is 38.1 Å². The van der Waals surface area contributed by atoms with Crippen molar-refractivity contribution in [1.82, 2.24) is 9.97 Å². The van der Waals surface area contributed by atoms with E-state index in [1.54, 1.807) is 18.2 Å². The first-order chi connectivity index (χ1) is 13.4. The van der Waals surface area contributed by atoms with Gasteiger partial charge in [0.05, 0.1) is 12.4 Å². The molecule has 6 heteroatoms. The van der Waals surface area contributed by atoms with E-state index >= 15 is 0 Å². The Labute approximate surface area is 164 Å². The molecular formula is C22H22N4O2. The van der Waals surface area contributed by atoms with Crippen molar-refractivity contribution < 1.29 is 9.59 Å². The van der Waals surface area contributed by atoms with Crippen LogP contribution < -0.4 is 10.6 Å². The number of Topliss-reactive ketones (excluding diaryl/α,β-unsaturated/α-hetero) is 1. The zero-order valence-electron chi connectivity index (χ0n) is 16.1. The first kappa shape index (κ1) is 19.2. The molecule has 0 saturated heterocycles. The lowest BCUT2D eigenvalue weighted by Crippen LogP contribution is -2.14. The van der Waals surface area contributed by atoms with Gasteiger partial charge in [-0.2, -0.15) is 0 Å². The molecule has 0 aliphatic carbocycles. The normalized spacial score (nSPS) is 10.6. The van der Waals surface area contributed by atoms with Gasteiger partial charge in [-0.3, -0.25) is 9.59 Å². The largest absolute Gasteiger partial charge is 0.339 e. The fraction of sp³-hybridized carbons (Fsp3) is 0.182. The van der Waals surface area contributed by atoms with Gasteiger partial charge in [0.2, 0.25) is 0 Å². The molecule has 6 nitrogen and oxygen atoms in total. The van der Waals surface area contributed by atoms with Gasteiger partial charge < -0.3 is 10.6 Å². The predicted octanol–water partition coefficient (Wildman–Crippen LogP) is 4.80. The summed E-state index contributed by atoms with van der Waals surface area (Å²) in [5.74, 6) is 0.587. The van der Waals surface area contributed by atoms with Crippen LogP contribution in [-0.2, 0) is 0 Å². The second-order valence-corrected chi connectivity index (χ2v) is 6.78. The highest BCUT2D eigenvalue weighted by Gasteiger charge is 2.09. The highest BCUT2D eigenvalue weighted by atomic mass is 16.2. The standard InChI is InChI=1S/C22H22N4O2/c1-14(2)16-7-9-18(10-8-16)26-22(28)20-12-24-21(13-23-20)25-19-6-4-5-17(11-19)15(3)27/h4-14H,1-3H3,(H,24,25)(H,26,28). The summed E-state index contributed by atoms with van der Waals surface area (Å²) < 4.78 is 0. The third-order valence-corrected chi connectivity index (χ3v) is 4.26. The maximum atomic E-state index is 12.4. The highest BCUT2D eigenvalue weighted by Crippen LogP contribution is 2.18. The molecule has 2 aromatic carbocycles. The number of benzene rings is 2. The van der Waals surface area contributed by atoms with E-state index < -0.39 is 0 Å². The summed E-state index contributed by atoms with van der Waals surface area (Å²) in [6.45, 7) is 5.76. The van der Waals surface area contributed by atoms with Gasteiger partial charge in [0, 0.05) is 16.9 Å². The Hall–Kier alpha value is -3.54. The first-order valence-electron chi connectivity index (χ1n) is 9.04. The molecular weight excluding hydrogens is 352 g/mol. The third-order valence-electron chi connectivity index (χ3n) is 4.26. The topological polar surface area (TPSA) is 84.0 Å². The molecule has 0 atom stereocenters. The minimum Gasteiger partial charge on any atom is -0.339 e. The molecule has 3 aromatic rings. The Morgan fingerprint density at radius 2 is 1.68 bits per heavy atom. The Bertz CT molecular complexity index is 980. The Morgan fingerprint density at radius 1 is 0.929 bits per heavy atom. The molecule has 3 rings (SSSR count). The maximum absolute atomic E-state index is 12.4. The minimum atomic E-state index is -0.324. The summed E-state index contributed by atoms with van der Waals surface area (Å²) >= 11 is 0. The second kappa shape index (κ2) is 8.43. The van der Waals surface area contributed by atoms with E-state index in [1.807, 2.05) is 30.3 Å². The molecule has 0 saturated carbocycles. The van der Waals surface area contributed by atoms with Crippen LogP contribution in [0.1, 0.15) is 53.1 Å². The molecule has 0 unspecified atom stereocenters. The second-order valence-electron chi connectivity index (χ2n) is 6.78. The Kier molecular flexibility index (Phi) is 5.79. The quantitative estimate of drug-likeness (QED) is 0.606. The van der Waals surface area contributed by atoms with Crippen LogP contribution in [0.4, 0.5) is 17.2 Å². The Morgan fingerprint density at radius 3 is 2.29 bits per heavy atom. The molecule has 1 heterocycles. The van der Waals surface area contributed by atoms with Gasteiger partial charge >= 0.3 is 0 Å². The van der Waals surface area contributed by atoms with E-state index in [-0.39, 0.29) is 17.4 Å². The van der Waals surface area contributed by atoms with E-state index in [4.69, 9.17) is 0 Å². The summed E-state index contributed by atoms with van der Waals surface area (Å²) in [4.78, 5) is 32.2. The van der Waals surface area contributed by atoms with Gasteiger partial charge in [-0.25, -0.2) is 9.97 Å². The van der Waals surface area contributed by atoms with Crippen LogP contribution in [0.5, 0.6) is 0 Å². The van der Waals surface area contributed by atoms with E-state index in [0.717, 1.165) is 5.69 Å². The van der Waals surface area contributed by atoms with Crippen LogP contribution in [0, 0.1) is 0 Å². The van der Waals surface area contributed by atoms with Crippen molar-refractivity contribution in [2.24, 2.45) is 0 Å². The number of rotatable bonds is 6. The van der Waals surface area contributed by atoms with E-state index in [0.29, 0.717) is 23.0 Å². The zero-order valence-corrected chi connectivity index (χ0v) is 16.1. The van der Waals surface area contributed by atoms with Crippen molar-refractivity contribution in [1.29, 1.82) is 0 Å². The third kappa shape index (κ3) is 4.79. The SMILES string of the molecule is CC(=O)c1cccc(Nc2cnc(C(=O)Nc3ccc(C(C)C)cc3)cn2)c1. The fourth-order valence-corrected chi connectivity index (χ4v) is 2.62. The van der Waals surface area contributed by atoms with Crippen molar-refractivity contribution in [3.63, 3.8) is 0 Å². The molecule has 1 aromatic heterocycles. The molecule has 1 amide bonds. The minimum absolute atomic E-state index is 0.0109. The smallest absolute Gasteiger partial charge is 0.275 e. The number of ketones is 1. The van der Waals surface area contributed by atoms with Crippen LogP contribution in [0.25, 0.3) is 0 Å². The number of anilines is 3. The summed E-state index contributed by atoms with van der Waals surface area (Å²) in [5, 5.41) is 5.89. The van der Waals surface area contributed by atoms with Crippen molar-refractivity contribution in [3.05, 3.63) is 77.7 Å². The van der Waals surface area contributed by atoms with Crippen molar-refractivity contribution in [3.8, 4) is 0 Å². The number of nitrogens with one attached hydrogen (secondary N) is 2. The summed E-state index contributed by atoms with van der Waals surface area (Å²) in [7, 11) is 0. The zero-order chi connectivity index (χ0) is 20.1. The van der Waals surface area contributed by atoms with Gasteiger partial charge in [0.15, 0.2) is 5.78 Å². The molecule has 142 valence electrons. The summed E-state index contributed by atoms with van der Waals surface area (Å²) in [6, 6.07) is 14.8. The lowest BCUT2D eigenvalue weighted by atomic mass is 10.0. The van der Waals surface area contributed by atoms with Crippen LogP contribution in [-0.4, -0.2) is 21.7 Å². The summed E-state index contributed by atoms with van der Waals surface area (Å²) in [5.41, 5.74) is 3.47. The van der Waals surface area contributed by atoms with E-state index in [1.165, 1.54) is 24.9 Å². The number of nitrogens with zero attached hydrogens (tertiary/aromatic N) is 2.